The van der Waals surface area contributed by atoms with E-state index in [0.29, 0.717) is 0 Å². The highest BCUT2D eigenvalue weighted by molar-refractivity contribution is 7.26. The van der Waals surface area contributed by atoms with Crippen LogP contribution in [0.2, 0.25) is 0 Å². The van der Waals surface area contributed by atoms with Gasteiger partial charge in [0.05, 0.1) is 21.3 Å². The molecule has 0 saturated carbocycles. The van der Waals surface area contributed by atoms with Gasteiger partial charge in [0.25, 0.3) is 0 Å². The number of rotatable bonds is 7. The van der Waals surface area contributed by atoms with Crippen LogP contribution in [0.15, 0.2) is 188 Å². The molecule has 3 heterocycles. The molecule has 0 aliphatic rings. The van der Waals surface area contributed by atoms with Crippen LogP contribution in [0.4, 0.5) is 42.9 Å². The molecule has 12 aromatic rings. The third kappa shape index (κ3) is 5.75. The van der Waals surface area contributed by atoms with E-state index in [9.17, 15) is 8.78 Å². The van der Waals surface area contributed by atoms with E-state index in [2.05, 4.69) is 168 Å². The van der Waals surface area contributed by atoms with Crippen molar-refractivity contribution < 1.29 is 8.78 Å². The van der Waals surface area contributed by atoms with E-state index in [-0.39, 0.29) is 11.6 Å². The van der Waals surface area contributed by atoms with Gasteiger partial charge in [-0.2, -0.15) is 0 Å². The van der Waals surface area contributed by atoms with Gasteiger partial charge in [-0.3, -0.25) is 0 Å². The maximum Gasteiger partial charge on any atom is 0.123 e. The Morgan fingerprint density at radius 1 is 0.387 bits per heavy atom. The van der Waals surface area contributed by atoms with Crippen molar-refractivity contribution in [2.75, 3.05) is 9.80 Å². The highest BCUT2D eigenvalue weighted by atomic mass is 32.1. The fourth-order valence-electron chi connectivity index (χ4n) is 9.51. The molecular weight excluding hydrogens is 785 g/mol. The maximum atomic E-state index is 14.2. The number of aryl methyl sites for hydroxylation is 2. The molecule has 6 heteroatoms. The molecular formula is C56H37F2N3S. The van der Waals surface area contributed by atoms with Crippen molar-refractivity contribution in [3.8, 4) is 11.1 Å². The third-order valence-corrected chi connectivity index (χ3v) is 13.4. The predicted octanol–water partition coefficient (Wildman–Crippen LogP) is 16.7. The van der Waals surface area contributed by atoms with Gasteiger partial charge in [0, 0.05) is 65.8 Å². The molecule has 0 bridgehead atoms. The summed E-state index contributed by atoms with van der Waals surface area (Å²) in [6, 6.07) is 63.7. The Labute approximate surface area is 360 Å². The van der Waals surface area contributed by atoms with Crippen LogP contribution in [0.25, 0.3) is 69.4 Å². The third-order valence-electron chi connectivity index (χ3n) is 12.3. The standard InChI is InChI=1S/C56H37F2N3S/c1-34-8-6-12-43(28-34)59(41-19-15-39(57)16-20-41)45-23-26-47-37(30-45)14-25-48-50-31-38(36-10-4-3-5-11-36)32-51-54(50)61(53(47)48)55-49-27-24-46(33-52(49)62-56(51)55)60(42-21-17-40(58)18-22-42)44-13-7-9-35(2)29-44/h3-33H,1-2H3. The second kappa shape index (κ2) is 14.0. The summed E-state index contributed by atoms with van der Waals surface area (Å²) in [6.07, 6.45) is 0. The van der Waals surface area contributed by atoms with Gasteiger partial charge >= 0.3 is 0 Å². The topological polar surface area (TPSA) is 10.9 Å². The zero-order chi connectivity index (χ0) is 41.6. The Balaban J connectivity index is 1.12. The Kier molecular flexibility index (Phi) is 8.21. The number of nitrogens with zero attached hydrogens (tertiary/aromatic N) is 3. The van der Waals surface area contributed by atoms with Crippen LogP contribution < -0.4 is 9.80 Å². The van der Waals surface area contributed by atoms with Gasteiger partial charge in [-0.15, -0.1) is 11.3 Å². The average molecular weight is 822 g/mol. The molecule has 3 aromatic heterocycles. The summed E-state index contributed by atoms with van der Waals surface area (Å²) in [6.45, 7) is 4.19. The van der Waals surface area contributed by atoms with Gasteiger partial charge in [-0.1, -0.05) is 72.8 Å². The first-order chi connectivity index (χ1) is 30.4. The summed E-state index contributed by atoms with van der Waals surface area (Å²) in [5.74, 6) is -0.526. The highest BCUT2D eigenvalue weighted by Crippen LogP contribution is 2.50. The van der Waals surface area contributed by atoms with Crippen LogP contribution in [0.3, 0.4) is 0 Å². The fourth-order valence-corrected chi connectivity index (χ4v) is 10.7. The van der Waals surface area contributed by atoms with Crippen LogP contribution in [0, 0.1) is 25.5 Å². The minimum absolute atomic E-state index is 0.262. The van der Waals surface area contributed by atoms with Gasteiger partial charge in [-0.25, -0.2) is 8.78 Å². The number of benzene rings is 9. The van der Waals surface area contributed by atoms with Crippen molar-refractivity contribution in [1.82, 2.24) is 4.40 Å². The van der Waals surface area contributed by atoms with E-state index >= 15 is 0 Å². The van der Waals surface area contributed by atoms with Crippen molar-refractivity contribution in [1.29, 1.82) is 0 Å². The van der Waals surface area contributed by atoms with E-state index < -0.39 is 0 Å². The summed E-state index contributed by atoms with van der Waals surface area (Å²) in [5, 5.41) is 7.12. The lowest BCUT2D eigenvalue weighted by molar-refractivity contribution is 0.627. The molecule has 0 fully saturated rings. The van der Waals surface area contributed by atoms with Crippen LogP contribution in [0.5, 0.6) is 0 Å². The smallest absolute Gasteiger partial charge is 0.123 e. The molecule has 3 nitrogen and oxygen atoms in total. The van der Waals surface area contributed by atoms with E-state index in [1.165, 1.54) is 82.9 Å². The summed E-state index contributed by atoms with van der Waals surface area (Å²) in [4.78, 5) is 4.40. The van der Waals surface area contributed by atoms with E-state index in [4.69, 9.17) is 0 Å². The molecule has 0 aliphatic heterocycles. The van der Waals surface area contributed by atoms with Crippen LogP contribution in [0.1, 0.15) is 11.1 Å². The Hall–Kier alpha value is -7.54. The van der Waals surface area contributed by atoms with Crippen molar-refractivity contribution in [2.45, 2.75) is 13.8 Å². The summed E-state index contributed by atoms with van der Waals surface area (Å²) >= 11 is 1.83. The monoisotopic (exact) mass is 821 g/mol. The fraction of sp³-hybridized carbons (Fsp3) is 0.0357. The van der Waals surface area contributed by atoms with Gasteiger partial charge in [0.1, 0.15) is 11.6 Å². The molecule has 0 atom stereocenters. The van der Waals surface area contributed by atoms with Crippen molar-refractivity contribution >= 4 is 104 Å². The normalized spacial score (nSPS) is 11.9. The Bertz CT molecular complexity index is 3680. The van der Waals surface area contributed by atoms with E-state index in [1.807, 2.05) is 35.6 Å². The van der Waals surface area contributed by atoms with Crippen LogP contribution in [-0.2, 0) is 0 Å². The van der Waals surface area contributed by atoms with Gasteiger partial charge < -0.3 is 14.2 Å². The minimum atomic E-state index is -0.264. The van der Waals surface area contributed by atoms with E-state index in [0.717, 1.165) is 56.0 Å². The minimum Gasteiger partial charge on any atom is -0.310 e. The zero-order valence-corrected chi connectivity index (χ0v) is 34.7. The largest absolute Gasteiger partial charge is 0.310 e. The molecule has 0 radical (unpaired) electrons. The molecule has 0 saturated heterocycles. The molecule has 9 aromatic carbocycles. The second-order valence-corrected chi connectivity index (χ2v) is 17.3. The quantitative estimate of drug-likeness (QED) is 0.159. The van der Waals surface area contributed by atoms with Gasteiger partial charge in [-0.05, 0) is 157 Å². The number of thiophene rings is 1. The number of aromatic nitrogens is 1. The first kappa shape index (κ1) is 36.3. The number of fused-ring (bicyclic) bond motifs is 10. The van der Waals surface area contributed by atoms with Crippen LogP contribution >= 0.6 is 11.3 Å². The molecule has 0 amide bonds. The van der Waals surface area contributed by atoms with Crippen molar-refractivity contribution in [3.63, 3.8) is 0 Å². The first-order valence-electron chi connectivity index (χ1n) is 20.8. The number of anilines is 6. The highest BCUT2D eigenvalue weighted by Gasteiger charge is 2.25. The molecule has 12 rings (SSSR count). The van der Waals surface area contributed by atoms with Crippen LogP contribution in [-0.4, -0.2) is 4.40 Å². The number of hydrogen-bond donors (Lipinski definition) is 0. The van der Waals surface area contributed by atoms with E-state index in [1.54, 1.807) is 0 Å². The van der Waals surface area contributed by atoms with Gasteiger partial charge in [0.2, 0.25) is 0 Å². The summed E-state index contributed by atoms with van der Waals surface area (Å²) in [5.41, 5.74) is 14.1. The Morgan fingerprint density at radius 2 is 0.919 bits per heavy atom. The maximum absolute atomic E-state index is 14.2. The second-order valence-electron chi connectivity index (χ2n) is 16.3. The summed E-state index contributed by atoms with van der Waals surface area (Å²) in [7, 11) is 0. The lowest BCUT2D eigenvalue weighted by atomic mass is 9.99. The first-order valence-corrected chi connectivity index (χ1v) is 21.6. The molecule has 0 spiro atoms. The molecule has 62 heavy (non-hydrogen) atoms. The summed E-state index contributed by atoms with van der Waals surface area (Å²) < 4.78 is 33.4. The average Bonchev–Trinajstić information content (AvgIpc) is 3.94. The molecule has 0 N–H and O–H groups in total. The SMILES string of the molecule is Cc1cccc(N(c2ccc(F)cc2)c2ccc3c(ccc4c5cc(-c6ccccc6)cc6c7sc8cc(N(c9ccc(F)cc9)c9cccc(C)c9)ccc8c7n(c34)c56)c2)c1. The zero-order valence-electron chi connectivity index (χ0n) is 33.9. The lowest BCUT2D eigenvalue weighted by Gasteiger charge is -2.26. The predicted molar refractivity (Wildman–Crippen MR) is 258 cm³/mol. The molecule has 296 valence electrons. The molecule has 0 unspecified atom stereocenters. The lowest BCUT2D eigenvalue weighted by Crippen LogP contribution is -2.10. The Morgan fingerprint density at radius 3 is 1.55 bits per heavy atom. The van der Waals surface area contributed by atoms with Crippen molar-refractivity contribution in [2.24, 2.45) is 0 Å². The number of halogens is 2. The van der Waals surface area contributed by atoms with Crippen molar-refractivity contribution in [3.05, 3.63) is 211 Å². The number of hydrogen-bond acceptors (Lipinski definition) is 3. The molecule has 0 aliphatic carbocycles. The van der Waals surface area contributed by atoms with Gasteiger partial charge in [0.15, 0.2) is 0 Å².